The molecule has 0 saturated carbocycles. The van der Waals surface area contributed by atoms with Crippen LogP contribution in [0.5, 0.6) is 11.5 Å². The number of rotatable bonds is 10. The fourth-order valence-corrected chi connectivity index (χ4v) is 6.22. The molecular formula is C30H30Cl2N4O5S. The van der Waals surface area contributed by atoms with Gasteiger partial charge in [0.15, 0.2) is 11.5 Å². The summed E-state index contributed by atoms with van der Waals surface area (Å²) in [6.45, 7) is 5.12. The van der Waals surface area contributed by atoms with Gasteiger partial charge in [-0.2, -0.15) is 5.10 Å². The van der Waals surface area contributed by atoms with Gasteiger partial charge in [0.05, 0.1) is 46.7 Å². The van der Waals surface area contributed by atoms with Crippen LogP contribution in [0.4, 0.5) is 5.69 Å². The Hall–Kier alpha value is -3.99. The molecule has 0 spiro atoms. The molecule has 1 amide bonds. The number of hydrogen-bond donors (Lipinski definition) is 1. The molecule has 0 aliphatic heterocycles. The maximum absolute atomic E-state index is 13.7. The number of anilines is 1. The van der Waals surface area contributed by atoms with Crippen molar-refractivity contribution in [2.24, 2.45) is 5.10 Å². The van der Waals surface area contributed by atoms with Crippen LogP contribution in [0.2, 0.25) is 10.0 Å². The first kappa shape index (κ1) is 31.0. The van der Waals surface area contributed by atoms with Gasteiger partial charge in [0.1, 0.15) is 6.54 Å². The third-order valence-electron chi connectivity index (χ3n) is 6.59. The summed E-state index contributed by atoms with van der Waals surface area (Å²) in [5.41, 5.74) is 6.71. The molecule has 42 heavy (non-hydrogen) atoms. The van der Waals surface area contributed by atoms with E-state index in [0.717, 1.165) is 32.5 Å². The summed E-state index contributed by atoms with van der Waals surface area (Å²) in [6, 6.07) is 18.3. The van der Waals surface area contributed by atoms with Crippen molar-refractivity contribution in [3.05, 3.63) is 99.3 Å². The van der Waals surface area contributed by atoms with Crippen LogP contribution in [0, 0.1) is 20.8 Å². The molecule has 0 aliphatic rings. The van der Waals surface area contributed by atoms with Gasteiger partial charge in [0.2, 0.25) is 0 Å². The van der Waals surface area contributed by atoms with E-state index < -0.39 is 22.5 Å². The zero-order chi connectivity index (χ0) is 30.6. The second-order valence-corrected chi connectivity index (χ2v) is 12.0. The number of benzene rings is 3. The molecule has 1 heterocycles. The highest BCUT2D eigenvalue weighted by Gasteiger charge is 2.28. The topological polar surface area (TPSA) is 102 Å². The Morgan fingerprint density at radius 2 is 1.67 bits per heavy atom. The monoisotopic (exact) mass is 628 g/mol. The third kappa shape index (κ3) is 6.41. The standard InChI is InChI=1S/C30H30Cl2N4O5S/c1-19-9-12-24(13-10-19)42(38,39)35(23-11-14-27(40-4)28(16-23)41-5)18-29(37)34-33-17-22-15-20(2)36(21(22)3)26-8-6-7-25(31)30(26)32/h6-17H,18H2,1-5H3,(H,34,37)/b33-17+. The zero-order valence-corrected chi connectivity index (χ0v) is 26.0. The molecule has 0 radical (unpaired) electrons. The predicted octanol–water partition coefficient (Wildman–Crippen LogP) is 6.07. The summed E-state index contributed by atoms with van der Waals surface area (Å²) in [7, 11) is -1.22. The average molecular weight is 630 g/mol. The molecule has 4 aromatic rings. The molecule has 12 heteroatoms. The lowest BCUT2D eigenvalue weighted by molar-refractivity contribution is -0.119. The van der Waals surface area contributed by atoms with Crippen molar-refractivity contribution >= 4 is 51.0 Å². The smallest absolute Gasteiger partial charge is 0.264 e. The van der Waals surface area contributed by atoms with Crippen LogP contribution < -0.4 is 19.2 Å². The van der Waals surface area contributed by atoms with Crippen LogP contribution in [0.15, 0.2) is 76.7 Å². The molecule has 0 atom stereocenters. The van der Waals surface area contributed by atoms with E-state index in [0.29, 0.717) is 21.5 Å². The average Bonchev–Trinajstić information content (AvgIpc) is 3.25. The number of aryl methyl sites for hydroxylation is 2. The summed E-state index contributed by atoms with van der Waals surface area (Å²) in [5, 5.41) is 4.95. The molecule has 4 rings (SSSR count). The molecule has 220 valence electrons. The van der Waals surface area contributed by atoms with E-state index in [4.69, 9.17) is 32.7 Å². The molecule has 1 N–H and O–H groups in total. The molecule has 9 nitrogen and oxygen atoms in total. The molecular weight excluding hydrogens is 599 g/mol. The van der Waals surface area contributed by atoms with E-state index in [1.807, 2.05) is 43.5 Å². The Balaban J connectivity index is 1.61. The number of sulfonamides is 1. The van der Waals surface area contributed by atoms with Crippen molar-refractivity contribution in [1.82, 2.24) is 9.99 Å². The quantitative estimate of drug-likeness (QED) is 0.170. The van der Waals surface area contributed by atoms with Gasteiger partial charge in [0.25, 0.3) is 15.9 Å². The Labute approximate surface area is 255 Å². The number of carbonyl (C=O) groups is 1. The second-order valence-electron chi connectivity index (χ2n) is 9.39. The van der Waals surface area contributed by atoms with Crippen molar-refractivity contribution in [1.29, 1.82) is 0 Å². The highest BCUT2D eigenvalue weighted by molar-refractivity contribution is 7.92. The van der Waals surface area contributed by atoms with Crippen LogP contribution in [0.25, 0.3) is 5.69 Å². The number of ether oxygens (including phenoxy) is 2. The number of carbonyl (C=O) groups excluding carboxylic acids is 1. The lowest BCUT2D eigenvalue weighted by Gasteiger charge is -2.24. The van der Waals surface area contributed by atoms with Crippen molar-refractivity contribution in [2.45, 2.75) is 25.7 Å². The van der Waals surface area contributed by atoms with E-state index >= 15 is 0 Å². The number of nitrogens with one attached hydrogen (secondary N) is 1. The van der Waals surface area contributed by atoms with Crippen molar-refractivity contribution in [2.75, 3.05) is 25.1 Å². The van der Waals surface area contributed by atoms with Crippen molar-refractivity contribution in [3.63, 3.8) is 0 Å². The largest absolute Gasteiger partial charge is 0.493 e. The van der Waals surface area contributed by atoms with Crippen LogP contribution in [0.1, 0.15) is 22.5 Å². The number of amides is 1. The van der Waals surface area contributed by atoms with Gasteiger partial charge in [-0.3, -0.25) is 9.10 Å². The highest BCUT2D eigenvalue weighted by Crippen LogP contribution is 2.34. The van der Waals surface area contributed by atoms with E-state index in [1.54, 1.807) is 30.3 Å². The van der Waals surface area contributed by atoms with Gasteiger partial charge >= 0.3 is 0 Å². The lowest BCUT2D eigenvalue weighted by atomic mass is 10.2. The van der Waals surface area contributed by atoms with Gasteiger partial charge in [-0.15, -0.1) is 0 Å². The van der Waals surface area contributed by atoms with E-state index in [2.05, 4.69) is 10.5 Å². The number of hydrogen-bond acceptors (Lipinski definition) is 6. The van der Waals surface area contributed by atoms with Gasteiger partial charge in [-0.25, -0.2) is 13.8 Å². The maximum atomic E-state index is 13.7. The molecule has 0 bridgehead atoms. The Morgan fingerprint density at radius 1 is 0.976 bits per heavy atom. The zero-order valence-electron chi connectivity index (χ0n) is 23.7. The molecule has 0 aliphatic carbocycles. The van der Waals surface area contributed by atoms with Crippen LogP contribution in [-0.2, 0) is 14.8 Å². The summed E-state index contributed by atoms with van der Waals surface area (Å²) in [5.74, 6) is 0.0794. The third-order valence-corrected chi connectivity index (χ3v) is 9.18. The highest BCUT2D eigenvalue weighted by atomic mass is 35.5. The number of halogens is 2. The van der Waals surface area contributed by atoms with Gasteiger partial charge in [-0.05, 0) is 63.2 Å². The minimum Gasteiger partial charge on any atom is -0.493 e. The van der Waals surface area contributed by atoms with Crippen LogP contribution >= 0.6 is 23.2 Å². The van der Waals surface area contributed by atoms with Crippen molar-refractivity contribution < 1.29 is 22.7 Å². The summed E-state index contributed by atoms with van der Waals surface area (Å²) >= 11 is 12.6. The lowest BCUT2D eigenvalue weighted by Crippen LogP contribution is -2.39. The predicted molar refractivity (Wildman–Crippen MR) is 166 cm³/mol. The van der Waals surface area contributed by atoms with E-state index in [9.17, 15) is 13.2 Å². The Kier molecular flexibility index (Phi) is 9.50. The molecule has 0 fully saturated rings. The van der Waals surface area contributed by atoms with Crippen LogP contribution in [0.3, 0.4) is 0 Å². The Bertz CT molecular complexity index is 1750. The normalized spacial score (nSPS) is 11.5. The van der Waals surface area contributed by atoms with Gasteiger partial charge in [-0.1, -0.05) is 47.0 Å². The molecule has 1 aromatic heterocycles. The fourth-order valence-electron chi connectivity index (χ4n) is 4.43. The minimum atomic E-state index is -4.14. The summed E-state index contributed by atoms with van der Waals surface area (Å²) in [4.78, 5) is 13.1. The summed E-state index contributed by atoms with van der Waals surface area (Å²) < 4.78 is 41.0. The molecule has 0 saturated heterocycles. The van der Waals surface area contributed by atoms with Gasteiger partial charge < -0.3 is 14.0 Å². The van der Waals surface area contributed by atoms with Crippen LogP contribution in [-0.4, -0.2) is 45.9 Å². The Morgan fingerprint density at radius 3 is 2.33 bits per heavy atom. The van der Waals surface area contributed by atoms with E-state index in [1.165, 1.54) is 38.6 Å². The number of aromatic nitrogens is 1. The van der Waals surface area contributed by atoms with E-state index in [-0.39, 0.29) is 10.6 Å². The maximum Gasteiger partial charge on any atom is 0.264 e. The first-order chi connectivity index (χ1) is 20.0. The fraction of sp³-hybridized carbons (Fsp3) is 0.200. The summed E-state index contributed by atoms with van der Waals surface area (Å²) in [6.07, 6.45) is 1.49. The first-order valence-corrected chi connectivity index (χ1v) is 14.9. The molecule has 3 aromatic carbocycles. The first-order valence-electron chi connectivity index (χ1n) is 12.7. The van der Waals surface area contributed by atoms with Crippen molar-refractivity contribution in [3.8, 4) is 17.2 Å². The number of methoxy groups -OCH3 is 2. The second kappa shape index (κ2) is 12.9. The molecule has 0 unspecified atom stereocenters. The minimum absolute atomic E-state index is 0.0336. The number of nitrogens with zero attached hydrogens (tertiary/aromatic N) is 3. The SMILES string of the molecule is COc1ccc(N(CC(=O)N/N=C/c2cc(C)n(-c3cccc(Cl)c3Cl)c2C)S(=O)(=O)c2ccc(C)cc2)cc1OC. The van der Waals surface area contributed by atoms with Gasteiger partial charge in [0, 0.05) is 23.0 Å². The number of hydrazone groups is 1.